The van der Waals surface area contributed by atoms with Gasteiger partial charge in [-0.1, -0.05) is 6.07 Å². The third-order valence-electron chi connectivity index (χ3n) is 5.26. The van der Waals surface area contributed by atoms with E-state index in [0.717, 1.165) is 4.90 Å². The highest BCUT2D eigenvalue weighted by Gasteiger charge is 2.57. The van der Waals surface area contributed by atoms with E-state index in [4.69, 9.17) is 0 Å². The molecular formula is C20H26F4N2O3. The van der Waals surface area contributed by atoms with Gasteiger partial charge in [0.25, 0.3) is 11.8 Å². The zero-order valence-corrected chi connectivity index (χ0v) is 16.9. The fourth-order valence-corrected chi connectivity index (χ4v) is 3.53. The van der Waals surface area contributed by atoms with Crippen molar-refractivity contribution in [3.63, 3.8) is 0 Å². The Morgan fingerprint density at radius 3 is 2.21 bits per heavy atom. The molecule has 29 heavy (non-hydrogen) atoms. The SMILES string of the molecule is Cc1ccc(C(=O)N(C(C)C)C2CCN(C(=O)[C@@](C)(O)C(F)(F)F)CC2)c(F)c1. The highest BCUT2D eigenvalue weighted by Crippen LogP contribution is 2.33. The Morgan fingerprint density at radius 1 is 1.21 bits per heavy atom. The van der Waals surface area contributed by atoms with Crippen LogP contribution in [0.3, 0.4) is 0 Å². The first-order chi connectivity index (χ1) is 13.3. The summed E-state index contributed by atoms with van der Waals surface area (Å²) in [6.07, 6.45) is -4.61. The monoisotopic (exact) mass is 418 g/mol. The number of rotatable bonds is 4. The summed E-state index contributed by atoms with van der Waals surface area (Å²) in [5.74, 6) is -2.53. The van der Waals surface area contributed by atoms with Gasteiger partial charge in [0.15, 0.2) is 0 Å². The largest absolute Gasteiger partial charge is 0.426 e. The van der Waals surface area contributed by atoms with Crippen LogP contribution in [0.2, 0.25) is 0 Å². The summed E-state index contributed by atoms with van der Waals surface area (Å²) >= 11 is 0. The van der Waals surface area contributed by atoms with E-state index in [1.807, 2.05) is 0 Å². The van der Waals surface area contributed by atoms with E-state index in [1.54, 1.807) is 26.8 Å². The van der Waals surface area contributed by atoms with Crippen molar-refractivity contribution in [2.75, 3.05) is 13.1 Å². The molecule has 1 aromatic rings. The van der Waals surface area contributed by atoms with E-state index in [9.17, 15) is 32.3 Å². The first-order valence-electron chi connectivity index (χ1n) is 9.44. The molecule has 0 spiro atoms. The van der Waals surface area contributed by atoms with Gasteiger partial charge in [-0.05, 0) is 58.2 Å². The molecule has 162 valence electrons. The van der Waals surface area contributed by atoms with Crippen LogP contribution < -0.4 is 0 Å². The molecule has 0 aromatic heterocycles. The summed E-state index contributed by atoms with van der Waals surface area (Å²) in [5.41, 5.74) is -2.85. The summed E-state index contributed by atoms with van der Waals surface area (Å²) in [7, 11) is 0. The second-order valence-electron chi connectivity index (χ2n) is 7.88. The summed E-state index contributed by atoms with van der Waals surface area (Å²) < 4.78 is 53.0. The van der Waals surface area contributed by atoms with Gasteiger partial charge in [0.2, 0.25) is 5.60 Å². The number of hydrogen-bond donors (Lipinski definition) is 1. The van der Waals surface area contributed by atoms with Gasteiger partial charge in [-0.25, -0.2) is 4.39 Å². The van der Waals surface area contributed by atoms with Gasteiger partial charge in [0, 0.05) is 25.2 Å². The third kappa shape index (κ3) is 4.71. The molecule has 1 aliphatic rings. The molecule has 9 heteroatoms. The van der Waals surface area contributed by atoms with Crippen molar-refractivity contribution in [2.24, 2.45) is 0 Å². The Balaban J connectivity index is 2.14. The van der Waals surface area contributed by atoms with Crippen molar-refractivity contribution < 1.29 is 32.3 Å². The Hall–Kier alpha value is -2.16. The van der Waals surface area contributed by atoms with Gasteiger partial charge in [-0.3, -0.25) is 9.59 Å². The molecule has 1 atom stereocenters. The van der Waals surface area contributed by atoms with Gasteiger partial charge in [-0.15, -0.1) is 0 Å². The molecule has 0 radical (unpaired) electrons. The minimum Gasteiger partial charge on any atom is -0.373 e. The topological polar surface area (TPSA) is 60.9 Å². The fourth-order valence-electron chi connectivity index (χ4n) is 3.53. The fraction of sp³-hybridized carbons (Fsp3) is 0.600. The maximum absolute atomic E-state index is 14.3. The second-order valence-corrected chi connectivity index (χ2v) is 7.88. The van der Waals surface area contributed by atoms with Gasteiger partial charge in [-0.2, -0.15) is 13.2 Å². The molecule has 5 nitrogen and oxygen atoms in total. The van der Waals surface area contributed by atoms with E-state index < -0.39 is 29.4 Å². The number of carbonyl (C=O) groups excluding carboxylic acids is 2. The van der Waals surface area contributed by atoms with Crippen LogP contribution in [-0.4, -0.2) is 63.7 Å². The Labute approximate surface area is 167 Å². The zero-order valence-electron chi connectivity index (χ0n) is 16.9. The van der Waals surface area contributed by atoms with Gasteiger partial charge in [0.05, 0.1) is 5.56 Å². The molecule has 0 unspecified atom stereocenters. The highest BCUT2D eigenvalue weighted by molar-refractivity contribution is 5.95. The maximum Gasteiger partial charge on any atom is 0.426 e. The lowest BCUT2D eigenvalue weighted by Crippen LogP contribution is -2.59. The number of benzene rings is 1. The van der Waals surface area contributed by atoms with Crippen LogP contribution in [0.25, 0.3) is 0 Å². The Bertz CT molecular complexity index is 769. The lowest BCUT2D eigenvalue weighted by atomic mass is 9.97. The lowest BCUT2D eigenvalue weighted by molar-refractivity contribution is -0.250. The molecule has 0 bridgehead atoms. The lowest BCUT2D eigenvalue weighted by Gasteiger charge is -2.42. The van der Waals surface area contributed by atoms with Crippen molar-refractivity contribution in [2.45, 2.75) is 64.4 Å². The standard InChI is InChI=1S/C20H26F4N2O3/c1-12(2)26(17(27)15-6-5-13(3)11-16(15)21)14-7-9-25(10-8-14)18(28)19(4,29)20(22,23)24/h5-6,11-12,14,29H,7-10H2,1-4H3/t19-/m1/s1. The van der Waals surface area contributed by atoms with E-state index in [-0.39, 0.29) is 43.6 Å². The molecule has 1 aliphatic heterocycles. The number of alkyl halides is 3. The van der Waals surface area contributed by atoms with Crippen molar-refractivity contribution in [3.8, 4) is 0 Å². The van der Waals surface area contributed by atoms with Crippen LogP contribution >= 0.6 is 0 Å². The minimum absolute atomic E-state index is 0.0391. The number of likely N-dealkylation sites (tertiary alicyclic amines) is 1. The molecule has 1 heterocycles. The number of piperidine rings is 1. The number of amides is 2. The molecule has 1 N–H and O–H groups in total. The predicted molar refractivity (Wildman–Crippen MR) is 98.7 cm³/mol. The number of aryl methyl sites for hydroxylation is 1. The summed E-state index contributed by atoms with van der Waals surface area (Å²) in [5, 5.41) is 9.60. The Morgan fingerprint density at radius 2 is 1.76 bits per heavy atom. The van der Waals surface area contributed by atoms with E-state index in [1.165, 1.54) is 17.0 Å². The summed E-state index contributed by atoms with van der Waals surface area (Å²) in [6.45, 7) is 5.61. The number of halogens is 4. The van der Waals surface area contributed by atoms with E-state index >= 15 is 0 Å². The molecule has 0 aliphatic carbocycles. The predicted octanol–water partition coefficient (Wildman–Crippen LogP) is 3.29. The molecular weight excluding hydrogens is 392 g/mol. The molecule has 2 amide bonds. The van der Waals surface area contributed by atoms with E-state index in [2.05, 4.69) is 0 Å². The van der Waals surface area contributed by atoms with Crippen LogP contribution in [0.4, 0.5) is 17.6 Å². The third-order valence-corrected chi connectivity index (χ3v) is 5.26. The van der Waals surface area contributed by atoms with Crippen molar-refractivity contribution >= 4 is 11.8 Å². The molecule has 1 saturated heterocycles. The number of carbonyl (C=O) groups is 2. The number of hydrogen-bond acceptors (Lipinski definition) is 3. The number of aliphatic hydroxyl groups is 1. The molecule has 1 aromatic carbocycles. The van der Waals surface area contributed by atoms with Crippen LogP contribution in [0.15, 0.2) is 18.2 Å². The smallest absolute Gasteiger partial charge is 0.373 e. The van der Waals surface area contributed by atoms with Crippen LogP contribution in [-0.2, 0) is 4.79 Å². The van der Waals surface area contributed by atoms with Crippen LogP contribution in [0.5, 0.6) is 0 Å². The highest BCUT2D eigenvalue weighted by atomic mass is 19.4. The Kier molecular flexibility index (Phi) is 6.61. The first kappa shape index (κ1) is 23.1. The molecule has 2 rings (SSSR count). The molecule has 1 fully saturated rings. The van der Waals surface area contributed by atoms with Crippen molar-refractivity contribution in [1.82, 2.24) is 9.80 Å². The van der Waals surface area contributed by atoms with Crippen LogP contribution in [0, 0.1) is 12.7 Å². The average molecular weight is 418 g/mol. The quantitative estimate of drug-likeness (QED) is 0.764. The van der Waals surface area contributed by atoms with Gasteiger partial charge in [0.1, 0.15) is 5.82 Å². The van der Waals surface area contributed by atoms with Crippen molar-refractivity contribution in [3.05, 3.63) is 35.1 Å². The van der Waals surface area contributed by atoms with Gasteiger partial charge < -0.3 is 14.9 Å². The van der Waals surface area contributed by atoms with Gasteiger partial charge >= 0.3 is 6.18 Å². The second kappa shape index (κ2) is 8.30. The maximum atomic E-state index is 14.3. The zero-order chi connectivity index (χ0) is 22.1. The first-order valence-corrected chi connectivity index (χ1v) is 9.44. The summed E-state index contributed by atoms with van der Waals surface area (Å²) in [4.78, 5) is 27.5. The minimum atomic E-state index is -5.08. The van der Waals surface area contributed by atoms with Crippen LogP contribution in [0.1, 0.15) is 49.5 Å². The normalized spacial score (nSPS) is 17.9. The van der Waals surface area contributed by atoms with E-state index in [0.29, 0.717) is 12.5 Å². The van der Waals surface area contributed by atoms with Crippen molar-refractivity contribution in [1.29, 1.82) is 0 Å². The molecule has 0 saturated carbocycles. The summed E-state index contributed by atoms with van der Waals surface area (Å²) in [6, 6.07) is 3.69. The number of nitrogens with zero attached hydrogens (tertiary/aromatic N) is 2. The average Bonchev–Trinajstić information content (AvgIpc) is 2.60.